The number of pyridine rings is 1. The maximum Gasteiger partial charge on any atom is 0.418 e. The zero-order valence-electron chi connectivity index (χ0n) is 14.9. The Morgan fingerprint density at radius 3 is 2.48 bits per heavy atom. The molecule has 1 N–H and O–H groups in total. The Morgan fingerprint density at radius 1 is 0.966 bits per heavy atom. The van der Waals surface area contributed by atoms with Gasteiger partial charge in [-0.2, -0.15) is 13.2 Å². The molecule has 0 bridgehead atoms. The standard InChI is InChI=1S/C21H14F3N3O2/c22-21(23,24)14-9-13(12-5-7-25-8-6-12)10-15-19(14)27-20(26-15)18-11-28-16-3-1-2-4-17(16)29-18/h1-10,18H,11H2,(H,26,27). The van der Waals surface area contributed by atoms with E-state index in [1.807, 2.05) is 6.07 Å². The van der Waals surface area contributed by atoms with E-state index in [9.17, 15) is 13.2 Å². The number of nitrogens with one attached hydrogen (secondary N) is 1. The van der Waals surface area contributed by atoms with Crippen LogP contribution in [0.4, 0.5) is 13.2 Å². The smallest absolute Gasteiger partial charge is 0.418 e. The van der Waals surface area contributed by atoms with E-state index in [4.69, 9.17) is 9.47 Å². The Morgan fingerprint density at radius 2 is 1.72 bits per heavy atom. The fourth-order valence-electron chi connectivity index (χ4n) is 3.37. The second-order valence-electron chi connectivity index (χ2n) is 6.64. The number of ether oxygens (including phenoxy) is 2. The highest BCUT2D eigenvalue weighted by molar-refractivity contribution is 5.85. The van der Waals surface area contributed by atoms with Crippen molar-refractivity contribution in [2.45, 2.75) is 12.3 Å². The van der Waals surface area contributed by atoms with Crippen LogP contribution in [0.3, 0.4) is 0 Å². The second kappa shape index (κ2) is 6.51. The Kier molecular flexibility index (Phi) is 3.94. The highest BCUT2D eigenvalue weighted by atomic mass is 19.4. The van der Waals surface area contributed by atoms with E-state index >= 15 is 0 Å². The second-order valence-corrected chi connectivity index (χ2v) is 6.64. The first-order valence-electron chi connectivity index (χ1n) is 8.89. The lowest BCUT2D eigenvalue weighted by Crippen LogP contribution is -2.22. The van der Waals surface area contributed by atoms with E-state index in [2.05, 4.69) is 15.0 Å². The van der Waals surface area contributed by atoms with Gasteiger partial charge in [0.05, 0.1) is 11.1 Å². The molecule has 0 saturated carbocycles. The van der Waals surface area contributed by atoms with Crippen molar-refractivity contribution in [2.75, 3.05) is 6.61 Å². The molecule has 1 aliphatic heterocycles. The highest BCUT2D eigenvalue weighted by Gasteiger charge is 2.35. The van der Waals surface area contributed by atoms with E-state index < -0.39 is 17.8 Å². The lowest BCUT2D eigenvalue weighted by molar-refractivity contribution is -0.136. The van der Waals surface area contributed by atoms with Crippen LogP contribution in [0, 0.1) is 0 Å². The Balaban J connectivity index is 1.61. The first-order valence-corrected chi connectivity index (χ1v) is 8.89. The summed E-state index contributed by atoms with van der Waals surface area (Å²) in [5.41, 5.74) is 0.390. The summed E-state index contributed by atoms with van der Waals surface area (Å²) in [5.74, 6) is 1.40. The molecule has 4 aromatic rings. The van der Waals surface area contributed by atoms with E-state index in [0.717, 1.165) is 6.07 Å². The maximum absolute atomic E-state index is 13.7. The Bertz CT molecular complexity index is 1190. The number of rotatable bonds is 2. The van der Waals surface area contributed by atoms with E-state index in [1.54, 1.807) is 36.4 Å². The molecule has 0 radical (unpaired) electrons. The summed E-state index contributed by atoms with van der Waals surface area (Å²) in [7, 11) is 0. The van der Waals surface area contributed by atoms with Crippen LogP contribution in [0.25, 0.3) is 22.2 Å². The average Bonchev–Trinajstić information content (AvgIpc) is 3.16. The van der Waals surface area contributed by atoms with Crippen LogP contribution in [0.2, 0.25) is 0 Å². The van der Waals surface area contributed by atoms with Crippen LogP contribution in [0.1, 0.15) is 17.5 Å². The molecule has 2 aromatic carbocycles. The molecule has 0 saturated heterocycles. The quantitative estimate of drug-likeness (QED) is 0.508. The van der Waals surface area contributed by atoms with Crippen molar-refractivity contribution in [1.29, 1.82) is 0 Å². The number of alkyl halides is 3. The van der Waals surface area contributed by atoms with Gasteiger partial charge in [0.2, 0.25) is 0 Å². The third-order valence-electron chi connectivity index (χ3n) is 4.74. The van der Waals surface area contributed by atoms with E-state index in [0.29, 0.717) is 22.6 Å². The van der Waals surface area contributed by atoms with Crippen molar-refractivity contribution >= 4 is 11.0 Å². The molecule has 146 valence electrons. The maximum atomic E-state index is 13.7. The van der Waals surface area contributed by atoms with Gasteiger partial charge in [0.15, 0.2) is 23.4 Å². The zero-order chi connectivity index (χ0) is 20.0. The van der Waals surface area contributed by atoms with Gasteiger partial charge in [-0.3, -0.25) is 4.98 Å². The van der Waals surface area contributed by atoms with E-state index in [1.165, 1.54) is 12.4 Å². The molecule has 1 unspecified atom stereocenters. The fourth-order valence-corrected chi connectivity index (χ4v) is 3.37. The third-order valence-corrected chi connectivity index (χ3v) is 4.74. The monoisotopic (exact) mass is 397 g/mol. The molecule has 5 rings (SSSR count). The molecule has 0 amide bonds. The Hall–Kier alpha value is -3.55. The van der Waals surface area contributed by atoms with Crippen LogP contribution in [0.5, 0.6) is 11.5 Å². The number of hydrogen-bond donors (Lipinski definition) is 1. The molecule has 2 aromatic heterocycles. The van der Waals surface area contributed by atoms with Crippen LogP contribution < -0.4 is 9.47 Å². The fraction of sp³-hybridized carbons (Fsp3) is 0.143. The number of para-hydroxylation sites is 2. The number of imidazole rings is 1. The van der Waals surface area contributed by atoms with Crippen LogP contribution in [0.15, 0.2) is 60.9 Å². The van der Waals surface area contributed by atoms with Crippen LogP contribution in [-0.4, -0.2) is 21.6 Å². The average molecular weight is 397 g/mol. The van der Waals surface area contributed by atoms with Crippen molar-refractivity contribution < 1.29 is 22.6 Å². The molecule has 1 atom stereocenters. The number of hydrogen-bond acceptors (Lipinski definition) is 4. The molecule has 3 heterocycles. The topological polar surface area (TPSA) is 60.0 Å². The molecule has 5 nitrogen and oxygen atoms in total. The first kappa shape index (κ1) is 17.5. The van der Waals surface area contributed by atoms with Crippen molar-refractivity contribution in [3.63, 3.8) is 0 Å². The lowest BCUT2D eigenvalue weighted by Gasteiger charge is -2.24. The molecule has 1 aliphatic rings. The predicted octanol–water partition coefficient (Wildman–Crippen LogP) is 5.16. The van der Waals surface area contributed by atoms with Gasteiger partial charge in [-0.25, -0.2) is 4.98 Å². The number of aromatic amines is 1. The number of nitrogens with zero attached hydrogens (tertiary/aromatic N) is 2. The minimum atomic E-state index is -4.55. The van der Waals surface area contributed by atoms with Crippen molar-refractivity contribution in [3.8, 4) is 22.6 Å². The van der Waals surface area contributed by atoms with Crippen molar-refractivity contribution in [1.82, 2.24) is 15.0 Å². The zero-order valence-corrected chi connectivity index (χ0v) is 14.9. The molecule has 0 aliphatic carbocycles. The molecule has 8 heteroatoms. The highest BCUT2D eigenvalue weighted by Crippen LogP contribution is 2.39. The number of H-pyrrole nitrogens is 1. The van der Waals surface area contributed by atoms with Gasteiger partial charge < -0.3 is 14.5 Å². The Labute approximate surface area is 163 Å². The summed E-state index contributed by atoms with van der Waals surface area (Å²) in [6, 6.07) is 13.2. The lowest BCUT2D eigenvalue weighted by atomic mass is 10.0. The van der Waals surface area contributed by atoms with Crippen LogP contribution >= 0.6 is 0 Å². The third kappa shape index (κ3) is 3.16. The van der Waals surface area contributed by atoms with Gasteiger partial charge in [0, 0.05) is 12.4 Å². The van der Waals surface area contributed by atoms with Crippen molar-refractivity contribution in [2.24, 2.45) is 0 Å². The van der Waals surface area contributed by atoms with Gasteiger partial charge in [-0.1, -0.05) is 12.1 Å². The summed E-state index contributed by atoms with van der Waals surface area (Å²) in [6.45, 7) is 0.148. The van der Waals surface area contributed by atoms with Gasteiger partial charge in [0.1, 0.15) is 12.1 Å². The minimum absolute atomic E-state index is 0.146. The minimum Gasteiger partial charge on any atom is -0.485 e. The van der Waals surface area contributed by atoms with Gasteiger partial charge in [0.25, 0.3) is 0 Å². The van der Waals surface area contributed by atoms with Gasteiger partial charge in [-0.05, 0) is 47.5 Å². The number of benzene rings is 2. The molecular weight excluding hydrogens is 383 g/mol. The summed E-state index contributed by atoms with van der Waals surface area (Å²) in [5, 5.41) is 0. The molecule has 0 fully saturated rings. The summed E-state index contributed by atoms with van der Waals surface area (Å²) >= 11 is 0. The van der Waals surface area contributed by atoms with Gasteiger partial charge >= 0.3 is 6.18 Å². The predicted molar refractivity (Wildman–Crippen MR) is 99.6 cm³/mol. The molecule has 29 heavy (non-hydrogen) atoms. The largest absolute Gasteiger partial charge is 0.485 e. The first-order chi connectivity index (χ1) is 14.0. The van der Waals surface area contributed by atoms with E-state index in [-0.39, 0.29) is 23.5 Å². The number of fused-ring (bicyclic) bond motifs is 2. The number of halogens is 3. The molecule has 0 spiro atoms. The molecular formula is C21H14F3N3O2. The van der Waals surface area contributed by atoms with Gasteiger partial charge in [-0.15, -0.1) is 0 Å². The summed E-state index contributed by atoms with van der Waals surface area (Å²) in [4.78, 5) is 11.1. The van der Waals surface area contributed by atoms with Crippen LogP contribution in [-0.2, 0) is 6.18 Å². The SMILES string of the molecule is FC(F)(F)c1cc(-c2ccncc2)cc2[nH]c(C3COc4ccccc4O3)nc12. The number of aromatic nitrogens is 3. The summed E-state index contributed by atoms with van der Waals surface area (Å²) in [6.07, 6.45) is -2.11. The normalized spacial score (nSPS) is 16.2. The summed E-state index contributed by atoms with van der Waals surface area (Å²) < 4.78 is 52.8. The van der Waals surface area contributed by atoms with Crippen molar-refractivity contribution in [3.05, 3.63) is 72.3 Å².